The summed E-state index contributed by atoms with van der Waals surface area (Å²) in [6, 6.07) is 1.40. The summed E-state index contributed by atoms with van der Waals surface area (Å²) in [6.07, 6.45) is 4.32. The van der Waals surface area contributed by atoms with Crippen LogP contribution in [-0.4, -0.2) is 32.8 Å². The maximum absolute atomic E-state index is 14.2. The largest absolute Gasteiger partial charge is 0.370 e. The van der Waals surface area contributed by atoms with E-state index in [1.54, 1.807) is 0 Å². The number of hydrogen-bond donors (Lipinski definition) is 0. The highest BCUT2D eigenvalue weighted by Crippen LogP contribution is 2.35. The normalized spacial score (nSPS) is 15.5. The van der Waals surface area contributed by atoms with Gasteiger partial charge in [-0.2, -0.15) is 5.10 Å². The molecule has 0 unspecified atom stereocenters. The van der Waals surface area contributed by atoms with Gasteiger partial charge >= 0.3 is 0 Å². The average Bonchev–Trinajstić information content (AvgIpc) is 3.00. The topological polar surface area (TPSA) is 34.0 Å². The highest BCUT2D eigenvalue weighted by Gasteiger charge is 2.27. The van der Waals surface area contributed by atoms with Crippen molar-refractivity contribution in [1.29, 1.82) is 0 Å². The van der Waals surface area contributed by atoms with Crippen molar-refractivity contribution in [3.8, 4) is 0 Å². The predicted octanol–water partition coefficient (Wildman–Crippen LogP) is 3.14. The van der Waals surface area contributed by atoms with E-state index in [-0.39, 0.29) is 5.56 Å². The molecule has 0 spiro atoms. The summed E-state index contributed by atoms with van der Waals surface area (Å²) in [4.78, 5) is 5.76. The van der Waals surface area contributed by atoms with Gasteiger partial charge in [0.15, 0.2) is 0 Å². The van der Waals surface area contributed by atoms with Crippen molar-refractivity contribution < 1.29 is 13.2 Å². The number of halogens is 3. The van der Waals surface area contributed by atoms with Gasteiger partial charge in [-0.15, -0.1) is 0 Å². The minimum Gasteiger partial charge on any atom is -0.370 e. The minimum absolute atomic E-state index is 0.214. The summed E-state index contributed by atoms with van der Waals surface area (Å²) in [5.41, 5.74) is 0.859. The minimum atomic E-state index is -0.930. The molecule has 2 aromatic rings. The molecule has 3 rings (SSSR count). The maximum Gasteiger partial charge on any atom is 0.138 e. The summed E-state index contributed by atoms with van der Waals surface area (Å²) in [5, 5.41) is 4.06. The van der Waals surface area contributed by atoms with Crippen molar-refractivity contribution in [3.63, 3.8) is 0 Å². The van der Waals surface area contributed by atoms with Crippen molar-refractivity contribution in [2.24, 2.45) is 0 Å². The van der Waals surface area contributed by atoms with Gasteiger partial charge in [0.25, 0.3) is 0 Å². The monoisotopic (exact) mass is 308 g/mol. The van der Waals surface area contributed by atoms with E-state index in [1.165, 1.54) is 17.3 Å². The molecular formula is C15H15F3N4. The number of nitrogens with zero attached hydrogens (tertiary/aromatic N) is 4. The van der Waals surface area contributed by atoms with Gasteiger partial charge in [0.1, 0.15) is 30.1 Å². The van der Waals surface area contributed by atoms with Crippen molar-refractivity contribution in [1.82, 2.24) is 19.7 Å². The fraction of sp³-hybridized carbons (Fsp3) is 0.333. The Morgan fingerprint density at radius 2 is 1.91 bits per heavy atom. The first kappa shape index (κ1) is 14.6. The van der Waals surface area contributed by atoms with Gasteiger partial charge in [-0.25, -0.2) is 22.8 Å². The smallest absolute Gasteiger partial charge is 0.138 e. The Morgan fingerprint density at radius 1 is 1.18 bits per heavy atom. The summed E-state index contributed by atoms with van der Waals surface area (Å²) in [5.74, 6) is -2.75. The van der Waals surface area contributed by atoms with Crippen LogP contribution in [0.5, 0.6) is 0 Å². The first-order valence-electron chi connectivity index (χ1n) is 7.09. The molecule has 1 aromatic heterocycles. The van der Waals surface area contributed by atoms with E-state index in [0.29, 0.717) is 43.0 Å². The molecule has 22 heavy (non-hydrogen) atoms. The van der Waals surface area contributed by atoms with Gasteiger partial charge in [-0.3, -0.25) is 0 Å². The van der Waals surface area contributed by atoms with Crippen LogP contribution in [0, 0.1) is 17.5 Å². The van der Waals surface area contributed by atoms with Crippen LogP contribution < -0.4 is 0 Å². The second-order valence-corrected chi connectivity index (χ2v) is 5.06. The molecule has 0 radical (unpaired) electrons. The van der Waals surface area contributed by atoms with E-state index in [4.69, 9.17) is 0 Å². The zero-order valence-electron chi connectivity index (χ0n) is 12.1. The van der Waals surface area contributed by atoms with Crippen LogP contribution in [0.4, 0.5) is 13.2 Å². The molecule has 0 N–H and O–H groups in total. The molecule has 4 nitrogen and oxygen atoms in total. The molecule has 0 atom stereocenters. The molecule has 1 aliphatic rings. The van der Waals surface area contributed by atoms with E-state index in [0.717, 1.165) is 6.42 Å². The summed E-state index contributed by atoms with van der Waals surface area (Å²) in [6.45, 7) is 3.17. The third kappa shape index (κ3) is 2.47. The Hall–Kier alpha value is -2.31. The lowest BCUT2D eigenvalue weighted by molar-refractivity contribution is 0.388. The fourth-order valence-corrected chi connectivity index (χ4v) is 2.81. The third-order valence-corrected chi connectivity index (χ3v) is 3.75. The van der Waals surface area contributed by atoms with Crippen LogP contribution >= 0.6 is 0 Å². The van der Waals surface area contributed by atoms with Crippen LogP contribution in [0.3, 0.4) is 0 Å². The Kier molecular flexibility index (Phi) is 3.87. The molecule has 7 heteroatoms. The van der Waals surface area contributed by atoms with Gasteiger partial charge in [0.2, 0.25) is 0 Å². The number of aromatic nitrogens is 3. The first-order chi connectivity index (χ1) is 10.6. The predicted molar refractivity (Wildman–Crippen MR) is 75.9 cm³/mol. The molecular weight excluding hydrogens is 293 g/mol. The van der Waals surface area contributed by atoms with Gasteiger partial charge in [-0.1, -0.05) is 0 Å². The van der Waals surface area contributed by atoms with Crippen molar-refractivity contribution in [2.45, 2.75) is 19.8 Å². The molecule has 116 valence electrons. The maximum atomic E-state index is 14.2. The molecule has 0 saturated carbocycles. The van der Waals surface area contributed by atoms with Crippen molar-refractivity contribution in [2.75, 3.05) is 13.1 Å². The van der Waals surface area contributed by atoms with Gasteiger partial charge < -0.3 is 4.90 Å². The fourth-order valence-electron chi connectivity index (χ4n) is 2.81. The number of allylic oxidation sites excluding steroid dienone is 1. The van der Waals surface area contributed by atoms with E-state index in [1.807, 2.05) is 11.8 Å². The molecule has 0 bridgehead atoms. The van der Waals surface area contributed by atoms with E-state index in [9.17, 15) is 13.2 Å². The van der Waals surface area contributed by atoms with Gasteiger partial charge in [-0.05, 0) is 19.8 Å². The SMILES string of the molecule is CCN1CCCC(n2cncn2)=C1c1c(F)cc(F)cc1F. The van der Waals surface area contributed by atoms with Crippen LogP contribution in [0.15, 0.2) is 24.8 Å². The first-order valence-corrected chi connectivity index (χ1v) is 7.09. The number of rotatable bonds is 3. The zero-order chi connectivity index (χ0) is 15.7. The molecule has 1 aromatic carbocycles. The van der Waals surface area contributed by atoms with E-state index >= 15 is 0 Å². The van der Waals surface area contributed by atoms with E-state index < -0.39 is 17.5 Å². The van der Waals surface area contributed by atoms with Gasteiger partial charge in [0, 0.05) is 25.2 Å². The third-order valence-electron chi connectivity index (χ3n) is 3.75. The Labute approximate surface area is 125 Å². The number of hydrogen-bond acceptors (Lipinski definition) is 3. The Balaban J connectivity index is 2.26. The second-order valence-electron chi connectivity index (χ2n) is 5.06. The van der Waals surface area contributed by atoms with E-state index in [2.05, 4.69) is 10.1 Å². The quantitative estimate of drug-likeness (QED) is 0.873. The molecule has 1 aliphatic heterocycles. The molecule has 2 heterocycles. The second kappa shape index (κ2) is 5.82. The lowest BCUT2D eigenvalue weighted by Crippen LogP contribution is -2.30. The Bertz CT molecular complexity index is 687. The summed E-state index contributed by atoms with van der Waals surface area (Å²) < 4.78 is 43.2. The van der Waals surface area contributed by atoms with Crippen LogP contribution in [0.1, 0.15) is 25.3 Å². The molecule has 0 amide bonds. The van der Waals surface area contributed by atoms with Crippen molar-refractivity contribution in [3.05, 3.63) is 47.8 Å². The Morgan fingerprint density at radius 3 is 2.50 bits per heavy atom. The summed E-state index contributed by atoms with van der Waals surface area (Å²) in [7, 11) is 0. The van der Waals surface area contributed by atoms with Crippen LogP contribution in [0.25, 0.3) is 11.4 Å². The van der Waals surface area contributed by atoms with Gasteiger partial charge in [0.05, 0.1) is 17.0 Å². The molecule has 0 fully saturated rings. The highest BCUT2D eigenvalue weighted by molar-refractivity contribution is 5.83. The highest BCUT2D eigenvalue weighted by atomic mass is 19.1. The van der Waals surface area contributed by atoms with Crippen molar-refractivity contribution >= 4 is 11.4 Å². The zero-order valence-corrected chi connectivity index (χ0v) is 12.1. The summed E-state index contributed by atoms with van der Waals surface area (Å²) >= 11 is 0. The standard InChI is InChI=1S/C15H15F3N4/c1-2-21-5-3-4-13(22-9-19-8-20-22)15(21)14-11(17)6-10(16)7-12(14)18/h6-9H,2-5H2,1H3. The number of benzene rings is 1. The lowest BCUT2D eigenvalue weighted by Gasteiger charge is -2.33. The lowest BCUT2D eigenvalue weighted by atomic mass is 10.0. The van der Waals surface area contributed by atoms with Crippen LogP contribution in [-0.2, 0) is 0 Å². The molecule has 0 saturated heterocycles. The average molecular weight is 308 g/mol. The van der Waals surface area contributed by atoms with Crippen LogP contribution in [0.2, 0.25) is 0 Å². The molecule has 0 aliphatic carbocycles.